The van der Waals surface area contributed by atoms with E-state index in [1.54, 1.807) is 26.4 Å². The van der Waals surface area contributed by atoms with Crippen molar-refractivity contribution in [2.24, 2.45) is 0 Å². The number of ketones is 1. The number of rotatable bonds is 5. The molecular formula is C22H23N3O4S. The van der Waals surface area contributed by atoms with Crippen molar-refractivity contribution in [3.05, 3.63) is 39.8 Å². The summed E-state index contributed by atoms with van der Waals surface area (Å²) in [5.74, 6) is 1.09. The van der Waals surface area contributed by atoms with Crippen LogP contribution in [0.4, 0.5) is 0 Å². The highest BCUT2D eigenvalue weighted by molar-refractivity contribution is 7.99. The Kier molecular flexibility index (Phi) is 5.51. The average Bonchev–Trinajstić information content (AvgIpc) is 2.71. The fourth-order valence-electron chi connectivity index (χ4n) is 3.78. The van der Waals surface area contributed by atoms with Gasteiger partial charge in [-0.25, -0.2) is 9.97 Å². The van der Waals surface area contributed by atoms with Crippen molar-refractivity contribution in [2.45, 2.75) is 43.5 Å². The van der Waals surface area contributed by atoms with Crippen LogP contribution >= 0.6 is 11.8 Å². The summed E-state index contributed by atoms with van der Waals surface area (Å²) in [6.45, 7) is 4.06. The second kappa shape index (κ2) is 8.10. The molecule has 7 nitrogen and oxygen atoms in total. The Morgan fingerprint density at radius 1 is 1.03 bits per heavy atom. The fourth-order valence-corrected chi connectivity index (χ4v) is 4.52. The van der Waals surface area contributed by atoms with E-state index in [1.165, 1.54) is 11.8 Å². The van der Waals surface area contributed by atoms with Gasteiger partial charge in [-0.15, -0.1) is 0 Å². The Morgan fingerprint density at radius 2 is 1.80 bits per heavy atom. The number of hydrogen-bond acceptors (Lipinski definition) is 7. The van der Waals surface area contributed by atoms with E-state index in [4.69, 9.17) is 9.47 Å². The highest BCUT2D eigenvalue weighted by Crippen LogP contribution is 2.39. The van der Waals surface area contributed by atoms with Gasteiger partial charge in [-0.2, -0.15) is 0 Å². The highest BCUT2D eigenvalue weighted by atomic mass is 32.2. The minimum absolute atomic E-state index is 0.00420. The van der Waals surface area contributed by atoms with Crippen molar-refractivity contribution in [1.29, 1.82) is 0 Å². The number of aryl methyl sites for hydroxylation is 1. The summed E-state index contributed by atoms with van der Waals surface area (Å²) in [6, 6.07) is 5.38. The predicted molar refractivity (Wildman–Crippen MR) is 117 cm³/mol. The molecule has 0 saturated heterocycles. The molecule has 0 amide bonds. The number of hydrogen-bond donors (Lipinski definition) is 1. The van der Waals surface area contributed by atoms with Gasteiger partial charge in [0.15, 0.2) is 28.1 Å². The number of carbonyl (C=O) groups excluding carboxylic acids is 1. The molecule has 0 bridgehead atoms. The van der Waals surface area contributed by atoms with Crippen LogP contribution in [-0.2, 0) is 6.42 Å². The lowest BCUT2D eigenvalue weighted by Crippen LogP contribution is -2.19. The monoisotopic (exact) mass is 425 g/mol. The van der Waals surface area contributed by atoms with Crippen molar-refractivity contribution in [3.63, 3.8) is 0 Å². The number of carbonyl (C=O) groups is 1. The molecule has 1 aliphatic carbocycles. The molecule has 0 aliphatic heterocycles. The molecule has 0 fully saturated rings. The first kappa shape index (κ1) is 20.4. The molecule has 1 N–H and O–H groups in total. The molecule has 30 heavy (non-hydrogen) atoms. The first-order valence-electron chi connectivity index (χ1n) is 9.82. The van der Waals surface area contributed by atoms with Crippen molar-refractivity contribution in [3.8, 4) is 22.6 Å². The molecule has 0 spiro atoms. The number of aromatic amines is 1. The summed E-state index contributed by atoms with van der Waals surface area (Å²) in [5.41, 5.74) is 2.53. The van der Waals surface area contributed by atoms with Gasteiger partial charge in [-0.05, 0) is 30.5 Å². The topological polar surface area (TPSA) is 94.2 Å². The third kappa shape index (κ3) is 3.56. The Labute approximate surface area is 178 Å². The maximum atomic E-state index is 13.1. The van der Waals surface area contributed by atoms with Crippen molar-refractivity contribution < 1.29 is 14.3 Å². The highest BCUT2D eigenvalue weighted by Gasteiger charge is 2.28. The van der Waals surface area contributed by atoms with Crippen LogP contribution < -0.4 is 15.0 Å². The number of thioether (sulfide) groups is 1. The van der Waals surface area contributed by atoms with Crippen LogP contribution in [0.1, 0.15) is 42.7 Å². The van der Waals surface area contributed by atoms with Crippen LogP contribution in [0, 0.1) is 0 Å². The number of aromatic nitrogens is 3. The standard InChI is InChI=1S/C22H23N3O4S/c1-11(2)30-22-24-20-19(21(27)25-22)17(18-13(23-20)6-5-7-14(18)26)12-8-9-15(28-3)16(10-12)29-4/h8-11H,5-7H2,1-4H3,(H,23,24,25,27). The Balaban J connectivity index is 2.07. The van der Waals surface area contributed by atoms with Crippen molar-refractivity contribution in [1.82, 2.24) is 15.0 Å². The van der Waals surface area contributed by atoms with Gasteiger partial charge in [0.2, 0.25) is 0 Å². The van der Waals surface area contributed by atoms with Crippen LogP contribution in [0.15, 0.2) is 28.2 Å². The zero-order chi connectivity index (χ0) is 21.4. The lowest BCUT2D eigenvalue weighted by Gasteiger charge is -2.20. The van der Waals surface area contributed by atoms with Gasteiger partial charge in [-0.1, -0.05) is 31.7 Å². The van der Waals surface area contributed by atoms with E-state index < -0.39 is 0 Å². The third-order valence-electron chi connectivity index (χ3n) is 5.02. The van der Waals surface area contributed by atoms with Crippen molar-refractivity contribution in [2.75, 3.05) is 14.2 Å². The number of benzene rings is 1. The first-order valence-corrected chi connectivity index (χ1v) is 10.7. The summed E-state index contributed by atoms with van der Waals surface area (Å²) in [7, 11) is 3.12. The molecule has 4 rings (SSSR count). The quantitative estimate of drug-likeness (QED) is 0.487. The van der Waals surface area contributed by atoms with Gasteiger partial charge in [0.05, 0.1) is 25.3 Å². The van der Waals surface area contributed by atoms with Crippen LogP contribution in [0.5, 0.6) is 11.5 Å². The summed E-state index contributed by atoms with van der Waals surface area (Å²) in [6.07, 6.45) is 1.86. The number of nitrogens with zero attached hydrogens (tertiary/aromatic N) is 2. The maximum Gasteiger partial charge on any atom is 0.261 e. The summed E-state index contributed by atoms with van der Waals surface area (Å²) in [5, 5.41) is 1.11. The van der Waals surface area contributed by atoms with Crippen LogP contribution in [0.25, 0.3) is 22.2 Å². The maximum absolute atomic E-state index is 13.1. The molecule has 0 radical (unpaired) electrons. The number of H-pyrrole nitrogens is 1. The van der Waals surface area contributed by atoms with Crippen LogP contribution in [-0.4, -0.2) is 40.2 Å². The molecular weight excluding hydrogens is 402 g/mol. The van der Waals surface area contributed by atoms with E-state index >= 15 is 0 Å². The number of Topliss-reactive ketones (excluding diaryl/α,β-unsaturated/α-hetero) is 1. The fraction of sp³-hybridized carbons (Fsp3) is 0.364. The van der Waals surface area contributed by atoms with Crippen LogP contribution in [0.2, 0.25) is 0 Å². The van der Waals surface area contributed by atoms with Gasteiger partial charge >= 0.3 is 0 Å². The van der Waals surface area contributed by atoms with Gasteiger partial charge in [0, 0.05) is 22.8 Å². The number of pyridine rings is 1. The normalized spacial score (nSPS) is 13.6. The van der Waals surface area contributed by atoms with Gasteiger partial charge in [-0.3, -0.25) is 9.59 Å². The van der Waals surface area contributed by atoms with Gasteiger partial charge in [0.25, 0.3) is 5.56 Å². The molecule has 156 valence electrons. The smallest absolute Gasteiger partial charge is 0.261 e. The number of methoxy groups -OCH3 is 2. The zero-order valence-electron chi connectivity index (χ0n) is 17.4. The molecule has 0 saturated carbocycles. The number of ether oxygens (including phenoxy) is 2. The van der Waals surface area contributed by atoms with E-state index in [1.807, 2.05) is 19.9 Å². The number of nitrogens with one attached hydrogen (secondary N) is 1. The molecule has 0 atom stereocenters. The SMILES string of the molecule is COc1ccc(-c2c3c(nc4nc(SC(C)C)[nH]c(=O)c24)CCCC3=O)cc1OC. The van der Waals surface area contributed by atoms with E-state index in [9.17, 15) is 9.59 Å². The minimum atomic E-state index is -0.304. The van der Waals surface area contributed by atoms with E-state index in [2.05, 4.69) is 15.0 Å². The van der Waals surface area contributed by atoms with Gasteiger partial charge in [0.1, 0.15) is 0 Å². The van der Waals surface area contributed by atoms with E-state index in [0.717, 1.165) is 6.42 Å². The van der Waals surface area contributed by atoms with Crippen molar-refractivity contribution >= 4 is 28.6 Å². The molecule has 0 unspecified atom stereocenters. The number of fused-ring (bicyclic) bond motifs is 2. The lowest BCUT2D eigenvalue weighted by molar-refractivity contribution is 0.0972. The Hall–Kier alpha value is -2.87. The lowest BCUT2D eigenvalue weighted by atomic mass is 9.86. The molecule has 1 aliphatic rings. The zero-order valence-corrected chi connectivity index (χ0v) is 18.2. The summed E-state index contributed by atoms with van der Waals surface area (Å²) < 4.78 is 10.8. The minimum Gasteiger partial charge on any atom is -0.493 e. The molecule has 8 heteroatoms. The Bertz CT molecular complexity index is 1200. The summed E-state index contributed by atoms with van der Waals surface area (Å²) in [4.78, 5) is 38.1. The van der Waals surface area contributed by atoms with E-state index in [0.29, 0.717) is 62.9 Å². The third-order valence-corrected chi connectivity index (χ3v) is 5.91. The predicted octanol–water partition coefficient (Wildman–Crippen LogP) is 4.02. The summed E-state index contributed by atoms with van der Waals surface area (Å²) >= 11 is 1.47. The van der Waals surface area contributed by atoms with Gasteiger partial charge < -0.3 is 14.5 Å². The largest absolute Gasteiger partial charge is 0.493 e. The molecule has 3 aromatic rings. The average molecular weight is 426 g/mol. The molecule has 2 heterocycles. The van der Waals surface area contributed by atoms with Crippen LogP contribution in [0.3, 0.4) is 0 Å². The molecule has 2 aromatic heterocycles. The second-order valence-corrected chi connectivity index (χ2v) is 8.96. The molecule has 1 aromatic carbocycles. The van der Waals surface area contributed by atoms with E-state index in [-0.39, 0.29) is 16.6 Å². The first-order chi connectivity index (χ1) is 14.4. The second-order valence-electron chi connectivity index (χ2n) is 7.39. The Morgan fingerprint density at radius 3 is 2.50 bits per heavy atom.